The van der Waals surface area contributed by atoms with Crippen LogP contribution in [0.1, 0.15) is 34.1 Å². The van der Waals surface area contributed by atoms with E-state index in [-0.39, 0.29) is 18.5 Å². The van der Waals surface area contributed by atoms with E-state index in [4.69, 9.17) is 11.5 Å². The first-order valence-corrected chi connectivity index (χ1v) is 5.60. The third-order valence-corrected chi connectivity index (χ3v) is 2.28. The summed E-state index contributed by atoms with van der Waals surface area (Å²) < 4.78 is 0. The summed E-state index contributed by atoms with van der Waals surface area (Å²) >= 11 is 0. The second-order valence-electron chi connectivity index (χ2n) is 4.76. The maximum atomic E-state index is 11.9. The molecule has 0 aromatic rings. The van der Waals surface area contributed by atoms with Crippen LogP contribution < -0.4 is 11.5 Å². The monoisotopic (exact) mass is 229 g/mol. The van der Waals surface area contributed by atoms with Gasteiger partial charge in [-0.05, 0) is 26.2 Å². The third-order valence-electron chi connectivity index (χ3n) is 2.28. The first-order valence-electron chi connectivity index (χ1n) is 5.60. The Hall–Kier alpha value is -1.10. The van der Waals surface area contributed by atoms with Gasteiger partial charge in [0.15, 0.2) is 0 Å². The number of carbonyl (C=O) groups is 2. The summed E-state index contributed by atoms with van der Waals surface area (Å²) in [6.07, 6.45) is 0.612. The molecule has 0 unspecified atom stereocenters. The van der Waals surface area contributed by atoms with Crippen molar-refractivity contribution in [1.29, 1.82) is 0 Å². The lowest BCUT2D eigenvalue weighted by atomic mass is 10.0. The number of amides is 2. The highest BCUT2D eigenvalue weighted by Gasteiger charge is 2.24. The van der Waals surface area contributed by atoms with Crippen LogP contribution in [0.5, 0.6) is 0 Å². The van der Waals surface area contributed by atoms with Gasteiger partial charge in [0.25, 0.3) is 0 Å². The average molecular weight is 229 g/mol. The third kappa shape index (κ3) is 5.11. The predicted octanol–water partition coefficient (Wildman–Crippen LogP) is 0.0821. The zero-order valence-electron chi connectivity index (χ0n) is 10.6. The minimum absolute atomic E-state index is 0.0672. The van der Waals surface area contributed by atoms with Gasteiger partial charge in [0, 0.05) is 6.04 Å². The van der Waals surface area contributed by atoms with Gasteiger partial charge in [0.1, 0.15) is 0 Å². The average Bonchev–Trinajstić information content (AvgIpc) is 2.11. The fraction of sp³-hybridized carbons (Fsp3) is 0.818. The lowest BCUT2D eigenvalue weighted by Gasteiger charge is -2.28. The van der Waals surface area contributed by atoms with E-state index in [0.717, 1.165) is 0 Å². The summed E-state index contributed by atoms with van der Waals surface area (Å²) in [5.74, 6) is -0.372. The Bertz CT molecular complexity index is 252. The maximum absolute atomic E-state index is 11.9. The highest BCUT2D eigenvalue weighted by molar-refractivity contribution is 5.87. The summed E-state index contributed by atoms with van der Waals surface area (Å²) in [7, 11) is 0. The minimum atomic E-state index is -0.554. The molecule has 0 rings (SSSR count). The molecule has 0 aliphatic carbocycles. The summed E-state index contributed by atoms with van der Waals surface area (Å²) in [6, 6.07) is -0.625. The summed E-state index contributed by atoms with van der Waals surface area (Å²) in [6.45, 7) is 7.61. The van der Waals surface area contributed by atoms with E-state index in [1.807, 2.05) is 27.7 Å². The SMILES string of the molecule is CC(C)C[C@@H](N)C(=O)N(CC(N)=O)C(C)C. The first kappa shape index (κ1) is 14.9. The molecule has 5 heteroatoms. The first-order chi connectivity index (χ1) is 7.25. The molecule has 0 heterocycles. The van der Waals surface area contributed by atoms with E-state index in [0.29, 0.717) is 12.3 Å². The van der Waals surface area contributed by atoms with Gasteiger partial charge >= 0.3 is 0 Å². The molecule has 0 aromatic carbocycles. The molecule has 0 fully saturated rings. The van der Waals surface area contributed by atoms with Crippen LogP contribution >= 0.6 is 0 Å². The van der Waals surface area contributed by atoms with Crippen LogP contribution in [0.2, 0.25) is 0 Å². The molecule has 0 aliphatic rings. The molecule has 94 valence electrons. The second kappa shape index (κ2) is 6.48. The van der Waals surface area contributed by atoms with Crippen LogP contribution in [-0.4, -0.2) is 35.3 Å². The molecule has 0 saturated heterocycles. The van der Waals surface area contributed by atoms with Crippen molar-refractivity contribution in [2.45, 2.75) is 46.2 Å². The van der Waals surface area contributed by atoms with Crippen LogP contribution in [0, 0.1) is 5.92 Å². The van der Waals surface area contributed by atoms with E-state index in [2.05, 4.69) is 0 Å². The molecule has 5 nitrogen and oxygen atoms in total. The largest absolute Gasteiger partial charge is 0.368 e. The summed E-state index contributed by atoms with van der Waals surface area (Å²) in [5.41, 5.74) is 10.9. The molecule has 1 atom stereocenters. The molecule has 0 radical (unpaired) electrons. The van der Waals surface area contributed by atoms with Gasteiger partial charge in [-0.2, -0.15) is 0 Å². The Morgan fingerprint density at radius 3 is 2.00 bits per heavy atom. The van der Waals surface area contributed by atoms with Gasteiger partial charge in [-0.15, -0.1) is 0 Å². The lowest BCUT2D eigenvalue weighted by molar-refractivity contribution is -0.138. The molecule has 16 heavy (non-hydrogen) atoms. The lowest BCUT2D eigenvalue weighted by Crippen LogP contribution is -2.50. The highest BCUT2D eigenvalue weighted by Crippen LogP contribution is 2.08. The molecular formula is C11H23N3O2. The highest BCUT2D eigenvalue weighted by atomic mass is 16.2. The summed E-state index contributed by atoms with van der Waals surface area (Å²) in [5, 5.41) is 0. The Labute approximate surface area is 97.2 Å². The number of nitrogens with zero attached hydrogens (tertiary/aromatic N) is 1. The van der Waals surface area contributed by atoms with Crippen molar-refractivity contribution >= 4 is 11.8 Å². The van der Waals surface area contributed by atoms with Crippen LogP contribution in [0.25, 0.3) is 0 Å². The van der Waals surface area contributed by atoms with Crippen molar-refractivity contribution in [3.63, 3.8) is 0 Å². The minimum Gasteiger partial charge on any atom is -0.368 e. The van der Waals surface area contributed by atoms with E-state index < -0.39 is 11.9 Å². The van der Waals surface area contributed by atoms with Gasteiger partial charge in [0.2, 0.25) is 11.8 Å². The Kier molecular flexibility index (Phi) is 6.03. The fourth-order valence-corrected chi connectivity index (χ4v) is 1.50. The topological polar surface area (TPSA) is 89.4 Å². The predicted molar refractivity (Wildman–Crippen MR) is 63.5 cm³/mol. The Morgan fingerprint density at radius 1 is 1.19 bits per heavy atom. The van der Waals surface area contributed by atoms with Crippen molar-refractivity contribution in [2.24, 2.45) is 17.4 Å². The Balaban J connectivity index is 4.54. The number of hydrogen-bond donors (Lipinski definition) is 2. The van der Waals surface area contributed by atoms with Crippen LogP contribution in [0.4, 0.5) is 0 Å². The normalized spacial score (nSPS) is 12.9. The van der Waals surface area contributed by atoms with Crippen molar-refractivity contribution in [2.75, 3.05) is 6.54 Å². The number of hydrogen-bond acceptors (Lipinski definition) is 3. The quantitative estimate of drug-likeness (QED) is 0.676. The van der Waals surface area contributed by atoms with Gasteiger partial charge in [-0.3, -0.25) is 9.59 Å². The zero-order chi connectivity index (χ0) is 12.9. The molecule has 0 spiro atoms. The van der Waals surface area contributed by atoms with Gasteiger partial charge in [-0.1, -0.05) is 13.8 Å². The van der Waals surface area contributed by atoms with E-state index >= 15 is 0 Å². The van der Waals surface area contributed by atoms with Crippen LogP contribution in [-0.2, 0) is 9.59 Å². The van der Waals surface area contributed by atoms with Crippen molar-refractivity contribution in [1.82, 2.24) is 4.90 Å². The molecule has 0 bridgehead atoms. The van der Waals surface area contributed by atoms with E-state index in [1.54, 1.807) is 0 Å². The molecule has 2 amide bonds. The van der Waals surface area contributed by atoms with Crippen molar-refractivity contribution in [3.05, 3.63) is 0 Å². The molecule has 0 aromatic heterocycles. The van der Waals surface area contributed by atoms with Crippen molar-refractivity contribution in [3.8, 4) is 0 Å². The van der Waals surface area contributed by atoms with E-state index in [1.165, 1.54) is 4.90 Å². The standard InChI is InChI=1S/C11H23N3O2/c1-7(2)5-9(12)11(16)14(8(3)4)6-10(13)15/h7-9H,5-6,12H2,1-4H3,(H2,13,15)/t9-/m1/s1. The number of carbonyl (C=O) groups excluding carboxylic acids is 2. The Morgan fingerprint density at radius 2 is 1.69 bits per heavy atom. The van der Waals surface area contributed by atoms with Gasteiger partial charge in [-0.25, -0.2) is 0 Å². The smallest absolute Gasteiger partial charge is 0.240 e. The number of nitrogens with two attached hydrogens (primary N) is 2. The van der Waals surface area contributed by atoms with E-state index in [9.17, 15) is 9.59 Å². The van der Waals surface area contributed by atoms with Crippen LogP contribution in [0.3, 0.4) is 0 Å². The fourth-order valence-electron chi connectivity index (χ4n) is 1.50. The van der Waals surface area contributed by atoms with Gasteiger partial charge < -0.3 is 16.4 Å². The van der Waals surface area contributed by atoms with Gasteiger partial charge in [0.05, 0.1) is 12.6 Å². The maximum Gasteiger partial charge on any atom is 0.240 e. The number of rotatable bonds is 6. The van der Waals surface area contributed by atoms with Crippen LogP contribution in [0.15, 0.2) is 0 Å². The molecule has 0 saturated carbocycles. The van der Waals surface area contributed by atoms with Crippen molar-refractivity contribution < 1.29 is 9.59 Å². The molecule has 4 N–H and O–H groups in total. The number of primary amides is 1. The summed E-state index contributed by atoms with van der Waals surface area (Å²) in [4.78, 5) is 24.2. The zero-order valence-corrected chi connectivity index (χ0v) is 10.6. The molecule has 0 aliphatic heterocycles. The molecular weight excluding hydrogens is 206 g/mol. The second-order valence-corrected chi connectivity index (χ2v) is 4.76.